The van der Waals surface area contributed by atoms with E-state index in [4.69, 9.17) is 20.8 Å². The first-order valence-corrected chi connectivity index (χ1v) is 10.4. The maximum atomic E-state index is 12.7. The highest BCUT2D eigenvalue weighted by atomic mass is 35.5. The van der Waals surface area contributed by atoms with E-state index < -0.39 is 0 Å². The maximum Gasteiger partial charge on any atom is 0.287 e. The van der Waals surface area contributed by atoms with Crippen LogP contribution in [-0.2, 0) is 6.61 Å². The van der Waals surface area contributed by atoms with Crippen LogP contribution < -0.4 is 10.1 Å². The van der Waals surface area contributed by atoms with Gasteiger partial charge in [0.1, 0.15) is 18.1 Å². The Labute approximate surface area is 186 Å². The summed E-state index contributed by atoms with van der Waals surface area (Å²) in [4.78, 5) is 12.7. The molecule has 158 valence electrons. The summed E-state index contributed by atoms with van der Waals surface area (Å²) in [6.45, 7) is 4.06. The van der Waals surface area contributed by atoms with Gasteiger partial charge >= 0.3 is 0 Å². The first-order valence-electron chi connectivity index (χ1n) is 10.0. The molecule has 0 spiro atoms. The van der Waals surface area contributed by atoms with E-state index >= 15 is 0 Å². The Hall–Kier alpha value is -3.44. The zero-order chi connectivity index (χ0) is 21.8. The summed E-state index contributed by atoms with van der Waals surface area (Å²) < 4.78 is 13.5. The topological polar surface area (TPSA) is 56.4 Å². The van der Waals surface area contributed by atoms with Crippen molar-refractivity contribution in [2.75, 3.05) is 0 Å². The van der Waals surface area contributed by atoms with Crippen LogP contribution in [0.2, 0.25) is 5.02 Å². The van der Waals surface area contributed by atoms with Crippen molar-refractivity contribution in [1.29, 1.82) is 0 Å². The zero-order valence-electron chi connectivity index (χ0n) is 17.3. The van der Waals surface area contributed by atoms with Crippen molar-refractivity contribution >= 4 is 17.5 Å². The zero-order valence-corrected chi connectivity index (χ0v) is 18.1. The van der Waals surface area contributed by atoms with Crippen LogP contribution in [0.15, 0.2) is 83.5 Å². The molecule has 0 saturated carbocycles. The van der Waals surface area contributed by atoms with Crippen molar-refractivity contribution in [2.45, 2.75) is 26.5 Å². The van der Waals surface area contributed by atoms with E-state index in [1.807, 2.05) is 73.3 Å². The number of ether oxygens (including phenoxy) is 1. The summed E-state index contributed by atoms with van der Waals surface area (Å²) in [5, 5.41) is 3.53. The number of nitrogens with one attached hydrogen (secondary N) is 1. The second-order valence-electron chi connectivity index (χ2n) is 7.32. The van der Waals surface area contributed by atoms with Gasteiger partial charge in [0, 0.05) is 18.1 Å². The number of aromatic nitrogens is 1. The van der Waals surface area contributed by atoms with Crippen molar-refractivity contribution in [3.05, 3.63) is 107 Å². The van der Waals surface area contributed by atoms with Crippen LogP contribution in [0.3, 0.4) is 0 Å². The van der Waals surface area contributed by atoms with Gasteiger partial charge in [-0.2, -0.15) is 0 Å². The highest BCUT2D eigenvalue weighted by molar-refractivity contribution is 6.32. The predicted molar refractivity (Wildman–Crippen MR) is 121 cm³/mol. The highest BCUT2D eigenvalue weighted by Gasteiger charge is 2.16. The molecular weight excluding hydrogens is 412 g/mol. The van der Waals surface area contributed by atoms with Gasteiger partial charge in [-0.25, -0.2) is 0 Å². The fourth-order valence-electron chi connectivity index (χ4n) is 3.33. The van der Waals surface area contributed by atoms with E-state index in [9.17, 15) is 4.79 Å². The summed E-state index contributed by atoms with van der Waals surface area (Å²) >= 11 is 6.19. The van der Waals surface area contributed by atoms with Gasteiger partial charge in [-0.05, 0) is 67.4 Å². The molecule has 0 bridgehead atoms. The smallest absolute Gasteiger partial charge is 0.287 e. The van der Waals surface area contributed by atoms with Crippen LogP contribution in [0.1, 0.15) is 40.4 Å². The fraction of sp³-hybridized carbons (Fsp3) is 0.160. The number of amides is 1. The molecule has 2 heterocycles. The van der Waals surface area contributed by atoms with Gasteiger partial charge in [0.2, 0.25) is 0 Å². The van der Waals surface area contributed by atoms with E-state index in [0.717, 1.165) is 16.8 Å². The lowest BCUT2D eigenvalue weighted by atomic mass is 10.1. The number of carbonyl (C=O) groups excluding carboxylic acids is 1. The molecule has 0 aliphatic heterocycles. The molecule has 0 fully saturated rings. The summed E-state index contributed by atoms with van der Waals surface area (Å²) in [5.41, 5.74) is 2.98. The molecule has 1 atom stereocenters. The van der Waals surface area contributed by atoms with E-state index in [1.165, 1.54) is 0 Å². The minimum Gasteiger partial charge on any atom is -0.484 e. The number of carbonyl (C=O) groups is 1. The lowest BCUT2D eigenvalue weighted by Gasteiger charge is -2.15. The second kappa shape index (κ2) is 9.14. The van der Waals surface area contributed by atoms with Gasteiger partial charge in [0.05, 0.1) is 11.1 Å². The largest absolute Gasteiger partial charge is 0.484 e. The van der Waals surface area contributed by atoms with Gasteiger partial charge in [0.25, 0.3) is 5.91 Å². The number of hydrogen-bond acceptors (Lipinski definition) is 3. The number of aryl methyl sites for hydroxylation is 1. The minimum atomic E-state index is -0.279. The number of halogens is 1. The molecule has 1 unspecified atom stereocenters. The fourth-order valence-corrected chi connectivity index (χ4v) is 3.61. The van der Waals surface area contributed by atoms with E-state index in [-0.39, 0.29) is 24.3 Å². The van der Waals surface area contributed by atoms with Crippen LogP contribution in [0, 0.1) is 6.92 Å². The normalized spacial score (nSPS) is 11.8. The molecule has 0 saturated heterocycles. The molecule has 4 rings (SSSR count). The van der Waals surface area contributed by atoms with Crippen molar-refractivity contribution < 1.29 is 13.9 Å². The maximum absolute atomic E-state index is 12.7. The monoisotopic (exact) mass is 434 g/mol. The Morgan fingerprint density at radius 3 is 2.65 bits per heavy atom. The highest BCUT2D eigenvalue weighted by Crippen LogP contribution is 2.29. The Bertz CT molecular complexity index is 1160. The Morgan fingerprint density at radius 2 is 1.87 bits per heavy atom. The Balaban J connectivity index is 1.39. The van der Waals surface area contributed by atoms with Gasteiger partial charge in [-0.3, -0.25) is 4.79 Å². The van der Waals surface area contributed by atoms with E-state index in [0.29, 0.717) is 16.5 Å². The van der Waals surface area contributed by atoms with Gasteiger partial charge < -0.3 is 19.0 Å². The Morgan fingerprint density at radius 1 is 1.10 bits per heavy atom. The average molecular weight is 435 g/mol. The van der Waals surface area contributed by atoms with E-state index in [1.54, 1.807) is 18.2 Å². The summed E-state index contributed by atoms with van der Waals surface area (Å²) in [6.07, 6.45) is 3.97. The number of benzene rings is 2. The molecule has 1 amide bonds. The third-order valence-corrected chi connectivity index (χ3v) is 5.33. The Kier molecular flexibility index (Phi) is 6.14. The molecule has 31 heavy (non-hydrogen) atoms. The quantitative estimate of drug-likeness (QED) is 0.382. The molecule has 5 nitrogen and oxygen atoms in total. The van der Waals surface area contributed by atoms with Gasteiger partial charge in [-0.1, -0.05) is 35.9 Å². The van der Waals surface area contributed by atoms with Crippen LogP contribution in [-0.4, -0.2) is 10.5 Å². The number of rotatable bonds is 7. The molecule has 6 heteroatoms. The molecule has 0 aliphatic carbocycles. The van der Waals surface area contributed by atoms with Crippen molar-refractivity contribution in [2.24, 2.45) is 0 Å². The van der Waals surface area contributed by atoms with Gasteiger partial charge in [0.15, 0.2) is 5.76 Å². The third kappa shape index (κ3) is 4.84. The summed E-state index contributed by atoms with van der Waals surface area (Å²) in [7, 11) is 0. The second-order valence-corrected chi connectivity index (χ2v) is 7.73. The van der Waals surface area contributed by atoms with E-state index in [2.05, 4.69) is 11.4 Å². The lowest BCUT2D eigenvalue weighted by molar-refractivity contribution is 0.0907. The number of para-hydroxylation sites is 1. The van der Waals surface area contributed by atoms with Crippen molar-refractivity contribution in [3.63, 3.8) is 0 Å². The number of nitrogens with zero attached hydrogens (tertiary/aromatic N) is 1. The molecular formula is C25H23ClN2O3. The van der Waals surface area contributed by atoms with Crippen LogP contribution in [0.5, 0.6) is 5.75 Å². The molecule has 0 aliphatic rings. The summed E-state index contributed by atoms with van der Waals surface area (Å²) in [5.74, 6) is 1.12. The molecule has 2 aromatic heterocycles. The average Bonchev–Trinajstić information content (AvgIpc) is 3.46. The molecule has 4 aromatic rings. The molecule has 0 radical (unpaired) electrons. The standard InChI is InChI=1S/C25H23ClN2O3/c1-17-7-5-10-22(26)24(17)30-16-21-11-12-23(31-21)25(29)27-18(2)19-8-6-9-20(15-19)28-13-3-4-14-28/h3-15,18H,16H2,1-2H3,(H,27,29). The predicted octanol–water partition coefficient (Wildman–Crippen LogP) is 6.10. The first-order chi connectivity index (χ1) is 15.0. The summed E-state index contributed by atoms with van der Waals surface area (Å²) in [6, 6.07) is 20.8. The number of furan rings is 1. The van der Waals surface area contributed by atoms with Crippen molar-refractivity contribution in [3.8, 4) is 11.4 Å². The number of hydrogen-bond donors (Lipinski definition) is 1. The lowest BCUT2D eigenvalue weighted by Crippen LogP contribution is -2.26. The molecule has 1 N–H and O–H groups in total. The van der Waals surface area contributed by atoms with Gasteiger partial charge in [-0.15, -0.1) is 0 Å². The van der Waals surface area contributed by atoms with Crippen LogP contribution in [0.25, 0.3) is 5.69 Å². The van der Waals surface area contributed by atoms with Crippen LogP contribution >= 0.6 is 11.6 Å². The van der Waals surface area contributed by atoms with Crippen molar-refractivity contribution in [1.82, 2.24) is 9.88 Å². The third-order valence-electron chi connectivity index (χ3n) is 5.03. The first kappa shape index (κ1) is 20.8. The minimum absolute atomic E-state index is 0.182. The molecule has 2 aromatic carbocycles. The SMILES string of the molecule is Cc1cccc(Cl)c1OCc1ccc(C(=O)NC(C)c2cccc(-n3cccc3)c2)o1. The van der Waals surface area contributed by atoms with Crippen LogP contribution in [0.4, 0.5) is 0 Å².